The number of benzene rings is 1. The van der Waals surface area contributed by atoms with E-state index < -0.39 is 5.41 Å². The molecule has 1 aromatic carbocycles. The van der Waals surface area contributed by atoms with Crippen LogP contribution in [0.3, 0.4) is 0 Å². The van der Waals surface area contributed by atoms with E-state index in [1.165, 1.54) is 0 Å². The quantitative estimate of drug-likeness (QED) is 0.729. The third-order valence-corrected chi connectivity index (χ3v) is 5.72. The lowest BCUT2D eigenvalue weighted by molar-refractivity contribution is -0.119. The van der Waals surface area contributed by atoms with E-state index in [-0.39, 0.29) is 5.91 Å². The third kappa shape index (κ3) is 2.82. The number of aromatic nitrogens is 3. The molecule has 0 radical (unpaired) electrons. The number of carbonyl (C=O) groups excluding carboxylic acids is 1. The van der Waals surface area contributed by atoms with Crippen LogP contribution in [0.25, 0.3) is 5.65 Å². The van der Waals surface area contributed by atoms with Crippen molar-refractivity contribution >= 4 is 28.9 Å². The summed E-state index contributed by atoms with van der Waals surface area (Å²) in [6.45, 7) is 5.52. The van der Waals surface area contributed by atoms with Crippen LogP contribution in [0.15, 0.2) is 36.4 Å². The molecule has 0 spiro atoms. The first-order valence-electron chi connectivity index (χ1n) is 9.66. The second-order valence-corrected chi connectivity index (χ2v) is 8.12. The van der Waals surface area contributed by atoms with E-state index in [2.05, 4.69) is 26.8 Å². The van der Waals surface area contributed by atoms with E-state index in [1.54, 1.807) is 0 Å². The molecule has 7 heteroatoms. The van der Waals surface area contributed by atoms with Crippen molar-refractivity contribution in [2.24, 2.45) is 5.92 Å². The Labute approximate surface area is 163 Å². The summed E-state index contributed by atoms with van der Waals surface area (Å²) in [4.78, 5) is 16.8. The number of fused-ring (bicyclic) bond motifs is 2. The first-order valence-corrected chi connectivity index (χ1v) is 9.66. The minimum absolute atomic E-state index is 0.0195. The summed E-state index contributed by atoms with van der Waals surface area (Å²) in [5, 5.41) is 10.9. The van der Waals surface area contributed by atoms with E-state index in [9.17, 15) is 4.79 Å². The van der Waals surface area contributed by atoms with E-state index >= 15 is 0 Å². The van der Waals surface area contributed by atoms with Gasteiger partial charge in [-0.3, -0.25) is 4.79 Å². The Balaban J connectivity index is 1.42. The molecule has 1 amide bonds. The van der Waals surface area contributed by atoms with Crippen molar-refractivity contribution in [1.82, 2.24) is 14.6 Å². The van der Waals surface area contributed by atoms with Gasteiger partial charge in [0.15, 0.2) is 5.65 Å². The van der Waals surface area contributed by atoms with Crippen LogP contribution in [0.5, 0.6) is 0 Å². The fourth-order valence-corrected chi connectivity index (χ4v) is 4.01. The van der Waals surface area contributed by atoms with E-state index in [0.717, 1.165) is 54.3 Å². The van der Waals surface area contributed by atoms with Gasteiger partial charge in [-0.15, -0.1) is 5.10 Å². The number of nitrogens with one attached hydrogen (secondary N) is 2. The van der Waals surface area contributed by atoms with Crippen LogP contribution < -0.4 is 10.6 Å². The molecule has 1 fully saturated rings. The van der Waals surface area contributed by atoms with Gasteiger partial charge in [-0.2, -0.15) is 4.98 Å². The molecule has 0 saturated carbocycles. The van der Waals surface area contributed by atoms with Gasteiger partial charge in [0, 0.05) is 30.3 Å². The van der Waals surface area contributed by atoms with Gasteiger partial charge in [0.05, 0.1) is 5.41 Å². The highest BCUT2D eigenvalue weighted by Crippen LogP contribution is 2.38. The molecule has 144 valence electrons. The fourth-order valence-electron chi connectivity index (χ4n) is 4.01. The summed E-state index contributed by atoms with van der Waals surface area (Å²) in [7, 11) is 0. The van der Waals surface area contributed by atoms with Crippen molar-refractivity contribution in [2.75, 3.05) is 23.8 Å². The van der Waals surface area contributed by atoms with Gasteiger partial charge >= 0.3 is 0 Å². The minimum Gasteiger partial charge on any atom is -0.381 e. The lowest BCUT2D eigenvalue weighted by atomic mass is 9.86. The van der Waals surface area contributed by atoms with Crippen molar-refractivity contribution < 1.29 is 9.53 Å². The molecule has 28 heavy (non-hydrogen) atoms. The number of nitrogens with zero attached hydrogens (tertiary/aromatic N) is 3. The van der Waals surface area contributed by atoms with Crippen LogP contribution in [-0.4, -0.2) is 33.7 Å². The molecule has 2 aromatic heterocycles. The minimum atomic E-state index is -0.506. The van der Waals surface area contributed by atoms with Gasteiger partial charge in [-0.1, -0.05) is 12.1 Å². The summed E-state index contributed by atoms with van der Waals surface area (Å²) in [5.41, 5.74) is 4.14. The van der Waals surface area contributed by atoms with Crippen LogP contribution in [0, 0.1) is 5.92 Å². The maximum atomic E-state index is 12.2. The molecule has 1 saturated heterocycles. The number of anilines is 3. The van der Waals surface area contributed by atoms with Gasteiger partial charge in [0.25, 0.3) is 0 Å². The highest BCUT2D eigenvalue weighted by molar-refractivity contribution is 6.06. The normalized spacial score (nSPS) is 20.4. The molecule has 0 bridgehead atoms. The topological polar surface area (TPSA) is 80.5 Å². The Morgan fingerprint density at radius 2 is 2.21 bits per heavy atom. The monoisotopic (exact) mass is 377 g/mol. The van der Waals surface area contributed by atoms with Crippen molar-refractivity contribution in [3.8, 4) is 0 Å². The zero-order valence-electron chi connectivity index (χ0n) is 16.0. The highest BCUT2D eigenvalue weighted by Gasteiger charge is 2.38. The number of ether oxygens (including phenoxy) is 1. The largest absolute Gasteiger partial charge is 0.381 e. The summed E-state index contributed by atoms with van der Waals surface area (Å²) in [6.07, 6.45) is 2.02. The average Bonchev–Trinajstić information content (AvgIpc) is 3.35. The number of hydrogen-bond donors (Lipinski definition) is 2. The van der Waals surface area contributed by atoms with E-state index in [0.29, 0.717) is 11.9 Å². The molecule has 7 nitrogen and oxygen atoms in total. The van der Waals surface area contributed by atoms with Crippen molar-refractivity contribution in [3.05, 3.63) is 47.7 Å². The maximum absolute atomic E-state index is 12.2. The first kappa shape index (κ1) is 17.2. The Morgan fingerprint density at radius 3 is 3.04 bits per heavy atom. The van der Waals surface area contributed by atoms with Crippen molar-refractivity contribution in [3.63, 3.8) is 0 Å². The Bertz CT molecular complexity index is 1070. The SMILES string of the molecule is CC1(C)C(=O)Nc2cc(Nc3nc4cccc(C[C@@H]5CCOC5)n4n3)ccc21. The molecular weight excluding hydrogens is 354 g/mol. The third-order valence-electron chi connectivity index (χ3n) is 5.72. The molecule has 2 aliphatic rings. The predicted octanol–water partition coefficient (Wildman–Crippen LogP) is 3.28. The van der Waals surface area contributed by atoms with Gasteiger partial charge in [-0.05, 0) is 62.4 Å². The summed E-state index contributed by atoms with van der Waals surface area (Å²) < 4.78 is 7.40. The van der Waals surface area contributed by atoms with Gasteiger partial charge in [0.2, 0.25) is 11.9 Å². The number of amides is 1. The van der Waals surface area contributed by atoms with Crippen LogP contribution >= 0.6 is 0 Å². The zero-order valence-corrected chi connectivity index (χ0v) is 16.0. The smallest absolute Gasteiger partial charge is 0.247 e. The number of rotatable bonds is 4. The molecule has 3 aromatic rings. The number of carbonyl (C=O) groups is 1. The predicted molar refractivity (Wildman–Crippen MR) is 107 cm³/mol. The zero-order chi connectivity index (χ0) is 19.3. The van der Waals surface area contributed by atoms with Gasteiger partial charge in [0.1, 0.15) is 0 Å². The van der Waals surface area contributed by atoms with E-state index in [4.69, 9.17) is 4.74 Å². The Morgan fingerprint density at radius 1 is 1.32 bits per heavy atom. The maximum Gasteiger partial charge on any atom is 0.247 e. The van der Waals surface area contributed by atoms with Crippen LogP contribution in [0.2, 0.25) is 0 Å². The average molecular weight is 377 g/mol. The first-order chi connectivity index (χ1) is 13.5. The van der Waals surface area contributed by atoms with Crippen molar-refractivity contribution in [2.45, 2.75) is 32.1 Å². The molecular formula is C21H23N5O2. The molecule has 1 atom stereocenters. The lowest BCUT2D eigenvalue weighted by Gasteiger charge is -2.14. The van der Waals surface area contributed by atoms with Gasteiger partial charge < -0.3 is 15.4 Å². The molecule has 5 rings (SSSR count). The van der Waals surface area contributed by atoms with Crippen molar-refractivity contribution in [1.29, 1.82) is 0 Å². The number of pyridine rings is 1. The standard InChI is InChI=1S/C21H23N5O2/c1-21(2)16-7-6-14(11-17(16)23-19(21)27)22-20-24-18-5-3-4-15(26(18)25-20)10-13-8-9-28-12-13/h3-7,11,13H,8-10,12H2,1-2H3,(H,22,25)(H,23,27)/t13-/m0/s1. The molecule has 4 heterocycles. The lowest BCUT2D eigenvalue weighted by Crippen LogP contribution is -2.26. The number of hydrogen-bond acceptors (Lipinski definition) is 5. The summed E-state index contributed by atoms with van der Waals surface area (Å²) in [6, 6.07) is 12.0. The summed E-state index contributed by atoms with van der Waals surface area (Å²) in [5.74, 6) is 1.10. The second-order valence-electron chi connectivity index (χ2n) is 8.12. The van der Waals surface area contributed by atoms with Crippen LogP contribution in [0.4, 0.5) is 17.3 Å². The molecule has 0 unspecified atom stereocenters. The molecule has 2 N–H and O–H groups in total. The van der Waals surface area contributed by atoms with Crippen LogP contribution in [0.1, 0.15) is 31.5 Å². The fraction of sp³-hybridized carbons (Fsp3) is 0.381. The van der Waals surface area contributed by atoms with Crippen LogP contribution in [-0.2, 0) is 21.4 Å². The Kier molecular flexibility index (Phi) is 3.87. The highest BCUT2D eigenvalue weighted by atomic mass is 16.5. The van der Waals surface area contributed by atoms with E-state index in [1.807, 2.05) is 48.7 Å². The molecule has 0 aliphatic carbocycles. The summed E-state index contributed by atoms with van der Waals surface area (Å²) >= 11 is 0. The molecule has 2 aliphatic heterocycles. The Hall–Kier alpha value is -2.93. The van der Waals surface area contributed by atoms with Gasteiger partial charge in [-0.25, -0.2) is 4.52 Å². The second kappa shape index (κ2) is 6.31.